The van der Waals surface area contributed by atoms with Gasteiger partial charge in [0.05, 0.1) is 48.6 Å². The van der Waals surface area contributed by atoms with Crippen molar-refractivity contribution < 1.29 is 23.0 Å². The summed E-state index contributed by atoms with van der Waals surface area (Å²) in [6.45, 7) is 0. The minimum atomic E-state index is -2.62. The van der Waals surface area contributed by atoms with Gasteiger partial charge in [-0.2, -0.15) is 0 Å². The van der Waals surface area contributed by atoms with Crippen molar-refractivity contribution in [3.8, 4) is 5.75 Å². The van der Waals surface area contributed by atoms with Gasteiger partial charge in [-0.25, -0.2) is 4.79 Å². The van der Waals surface area contributed by atoms with E-state index in [1.807, 2.05) is 0 Å². The van der Waals surface area contributed by atoms with Crippen molar-refractivity contribution >= 4 is 44.5 Å². The van der Waals surface area contributed by atoms with Gasteiger partial charge in [-0.15, -0.1) is 0 Å². The van der Waals surface area contributed by atoms with Crippen LogP contribution in [-0.2, 0) is 16.0 Å². The van der Waals surface area contributed by atoms with E-state index in [1.165, 1.54) is 44.8 Å². The molecular weight excluding hydrogens is 388 g/mol. The van der Waals surface area contributed by atoms with Crippen molar-refractivity contribution in [1.82, 2.24) is 4.98 Å². The second kappa shape index (κ2) is 7.53. The molecule has 2 aromatic rings. The van der Waals surface area contributed by atoms with Crippen LogP contribution in [0.1, 0.15) is 10.4 Å². The number of carbonyl (C=O) groups excluding carboxylic acids is 1. The summed E-state index contributed by atoms with van der Waals surface area (Å²) in [5, 5.41) is 0. The van der Waals surface area contributed by atoms with Gasteiger partial charge in [0.15, 0.2) is 0 Å². The Balaban J connectivity index is 2.56. The second-order valence-electron chi connectivity index (χ2n) is 4.25. The average Bonchev–Trinajstić information content (AvgIpc) is 2.54. The van der Waals surface area contributed by atoms with Crippen molar-refractivity contribution in [2.24, 2.45) is 0 Å². The maximum Gasteiger partial charge on any atom is 0.337 e. The van der Waals surface area contributed by atoms with Crippen molar-refractivity contribution in [3.63, 3.8) is 0 Å². The van der Waals surface area contributed by atoms with Crippen LogP contribution < -0.4 is 9.04 Å². The first-order chi connectivity index (χ1) is 11.0. The lowest BCUT2D eigenvalue weighted by Gasteiger charge is -2.27. The monoisotopic (exact) mass is 399 g/mol. The SMILES string of the molecule is COC(=O)c1ccc(N(c2cncc(Br)c2)S(=O)[O-])c(OC)c1. The van der Waals surface area contributed by atoms with E-state index in [0.717, 1.165) is 4.31 Å². The van der Waals surface area contributed by atoms with E-state index in [-0.39, 0.29) is 17.0 Å². The Labute approximate surface area is 143 Å². The molecule has 23 heavy (non-hydrogen) atoms. The highest BCUT2D eigenvalue weighted by molar-refractivity contribution is 9.10. The van der Waals surface area contributed by atoms with E-state index < -0.39 is 17.2 Å². The summed E-state index contributed by atoms with van der Waals surface area (Å²) in [7, 11) is 2.64. The van der Waals surface area contributed by atoms with E-state index >= 15 is 0 Å². The van der Waals surface area contributed by atoms with Crippen LogP contribution in [0.5, 0.6) is 5.75 Å². The molecule has 0 radical (unpaired) electrons. The van der Waals surface area contributed by atoms with Crippen molar-refractivity contribution in [1.29, 1.82) is 0 Å². The van der Waals surface area contributed by atoms with Crippen molar-refractivity contribution in [3.05, 3.63) is 46.7 Å². The normalized spacial score (nSPS) is 11.7. The number of pyridine rings is 1. The van der Waals surface area contributed by atoms with Crippen LogP contribution in [0.15, 0.2) is 41.1 Å². The lowest BCUT2D eigenvalue weighted by Crippen LogP contribution is -2.20. The standard InChI is InChI=1S/C14H13BrN2O5S/c1-21-13-5-9(14(18)22-2)3-4-12(13)17(23(19)20)11-6-10(15)7-16-8-11/h3-8H,1-2H3,(H,19,20)/p-1. The molecule has 0 aliphatic heterocycles. The summed E-state index contributed by atoms with van der Waals surface area (Å²) in [6.07, 6.45) is 2.93. The van der Waals surface area contributed by atoms with E-state index in [0.29, 0.717) is 10.2 Å². The predicted octanol–water partition coefficient (Wildman–Crippen LogP) is 2.57. The van der Waals surface area contributed by atoms with Crippen LogP contribution >= 0.6 is 15.9 Å². The molecule has 1 aromatic heterocycles. The third-order valence-corrected chi connectivity index (χ3v) is 4.03. The smallest absolute Gasteiger partial charge is 0.337 e. The van der Waals surface area contributed by atoms with Gasteiger partial charge in [-0.1, -0.05) is 0 Å². The molecule has 0 saturated carbocycles. The Morgan fingerprint density at radius 2 is 2.04 bits per heavy atom. The molecule has 0 spiro atoms. The molecule has 0 amide bonds. The number of esters is 1. The Hall–Kier alpha value is -1.97. The molecule has 0 fully saturated rings. The molecule has 2 rings (SSSR count). The number of halogens is 1. The maximum atomic E-state index is 11.7. The van der Waals surface area contributed by atoms with E-state index in [9.17, 15) is 13.6 Å². The van der Waals surface area contributed by atoms with E-state index in [2.05, 4.69) is 25.7 Å². The minimum Gasteiger partial charge on any atom is -0.755 e. The number of nitrogens with zero attached hydrogens (tertiary/aromatic N) is 2. The van der Waals surface area contributed by atoms with Crippen LogP contribution in [-0.4, -0.2) is 33.9 Å². The molecule has 0 aliphatic carbocycles. The highest BCUT2D eigenvalue weighted by atomic mass is 79.9. The summed E-state index contributed by atoms with van der Waals surface area (Å²) >= 11 is 0.627. The number of hydrogen-bond donors (Lipinski definition) is 0. The molecule has 9 heteroatoms. The summed E-state index contributed by atoms with van der Waals surface area (Å²) in [4.78, 5) is 15.5. The minimum absolute atomic E-state index is 0.206. The summed E-state index contributed by atoms with van der Waals surface area (Å²) in [5.74, 6) is -0.342. The third-order valence-electron chi connectivity index (χ3n) is 2.89. The third kappa shape index (κ3) is 3.87. The fourth-order valence-electron chi connectivity index (χ4n) is 1.91. The molecule has 122 valence electrons. The highest BCUT2D eigenvalue weighted by Crippen LogP contribution is 2.36. The van der Waals surface area contributed by atoms with Gasteiger partial charge >= 0.3 is 5.97 Å². The van der Waals surface area contributed by atoms with Crippen molar-refractivity contribution in [2.75, 3.05) is 18.5 Å². The summed E-state index contributed by atoms with van der Waals surface area (Å²) in [6, 6.07) is 5.92. The highest BCUT2D eigenvalue weighted by Gasteiger charge is 2.18. The first-order valence-corrected chi connectivity index (χ1v) is 8.06. The molecule has 1 atom stereocenters. The molecule has 0 bridgehead atoms. The first kappa shape index (κ1) is 17.4. The largest absolute Gasteiger partial charge is 0.755 e. The number of aromatic nitrogens is 1. The quantitative estimate of drug-likeness (QED) is 0.566. The van der Waals surface area contributed by atoms with Gasteiger partial charge in [0.2, 0.25) is 0 Å². The van der Waals surface area contributed by atoms with Crippen LogP contribution in [0, 0.1) is 0 Å². The van der Waals surface area contributed by atoms with Gasteiger partial charge in [-0.3, -0.25) is 13.5 Å². The van der Waals surface area contributed by atoms with E-state index in [1.54, 1.807) is 6.07 Å². The number of rotatable bonds is 5. The van der Waals surface area contributed by atoms with Gasteiger partial charge in [0.25, 0.3) is 0 Å². The zero-order valence-electron chi connectivity index (χ0n) is 12.2. The summed E-state index contributed by atoms with van der Waals surface area (Å²) in [5.41, 5.74) is 0.808. The van der Waals surface area contributed by atoms with Crippen LogP contribution in [0.4, 0.5) is 11.4 Å². The predicted molar refractivity (Wildman–Crippen MR) is 87.3 cm³/mol. The maximum absolute atomic E-state index is 11.7. The van der Waals surface area contributed by atoms with Gasteiger partial charge < -0.3 is 14.0 Å². The fraction of sp³-hybridized carbons (Fsp3) is 0.143. The molecule has 0 saturated heterocycles. The Morgan fingerprint density at radius 3 is 2.61 bits per heavy atom. The van der Waals surface area contributed by atoms with Gasteiger partial charge in [0.1, 0.15) is 5.75 Å². The van der Waals surface area contributed by atoms with Crippen LogP contribution in [0.3, 0.4) is 0 Å². The number of carbonyl (C=O) groups is 1. The Kier molecular flexibility index (Phi) is 5.69. The lowest BCUT2D eigenvalue weighted by molar-refractivity contribution is 0.0600. The molecule has 0 N–H and O–H groups in total. The number of benzene rings is 1. The molecule has 1 unspecified atom stereocenters. The molecule has 0 aliphatic rings. The second-order valence-corrected chi connectivity index (χ2v) is 5.97. The zero-order chi connectivity index (χ0) is 17.0. The molecule has 1 heterocycles. The Bertz CT molecular complexity index is 756. The number of methoxy groups -OCH3 is 2. The number of ether oxygens (including phenoxy) is 2. The summed E-state index contributed by atoms with van der Waals surface area (Å²) < 4.78 is 34.9. The first-order valence-electron chi connectivity index (χ1n) is 6.24. The van der Waals surface area contributed by atoms with Crippen molar-refractivity contribution in [2.45, 2.75) is 0 Å². The lowest BCUT2D eigenvalue weighted by atomic mass is 10.2. The molecule has 1 aromatic carbocycles. The van der Waals surface area contributed by atoms with Gasteiger partial charge in [0, 0.05) is 10.7 Å². The average molecular weight is 400 g/mol. The van der Waals surface area contributed by atoms with Gasteiger partial charge in [-0.05, 0) is 40.2 Å². The molecule has 7 nitrogen and oxygen atoms in total. The fourth-order valence-corrected chi connectivity index (χ4v) is 2.84. The molecular formula is C14H12BrN2O5S-. The number of anilines is 2. The zero-order valence-corrected chi connectivity index (χ0v) is 14.6. The number of hydrogen-bond acceptors (Lipinski definition) is 6. The van der Waals surface area contributed by atoms with Crippen LogP contribution in [0.25, 0.3) is 0 Å². The van der Waals surface area contributed by atoms with Crippen LogP contribution in [0.2, 0.25) is 0 Å². The Morgan fingerprint density at radius 1 is 1.30 bits per heavy atom. The van der Waals surface area contributed by atoms with E-state index in [4.69, 9.17) is 4.74 Å². The topological polar surface area (TPSA) is 91.8 Å².